The molecule has 0 aliphatic heterocycles. The number of nitrogens with zero attached hydrogens (tertiary/aromatic N) is 5. The fourth-order valence-corrected chi connectivity index (χ4v) is 2.03. The van der Waals surface area contributed by atoms with E-state index in [0.717, 1.165) is 29.8 Å². The largest absolute Gasteiger partial charge is 0.299 e. The first kappa shape index (κ1) is 12.3. The minimum atomic E-state index is 0.475. The molecule has 2 rings (SSSR count). The molecule has 5 nitrogen and oxygen atoms in total. The molecule has 0 radical (unpaired) electrons. The Morgan fingerprint density at radius 1 is 1.41 bits per heavy atom. The van der Waals surface area contributed by atoms with E-state index in [1.54, 1.807) is 10.9 Å². The molecule has 17 heavy (non-hydrogen) atoms. The molecule has 0 spiro atoms. The van der Waals surface area contributed by atoms with Crippen LogP contribution in [0.5, 0.6) is 0 Å². The Balaban J connectivity index is 2.32. The highest BCUT2D eigenvalue weighted by Crippen LogP contribution is 2.19. The van der Waals surface area contributed by atoms with E-state index < -0.39 is 0 Å². The van der Waals surface area contributed by atoms with Crippen molar-refractivity contribution in [3.05, 3.63) is 17.2 Å². The zero-order valence-corrected chi connectivity index (χ0v) is 11.1. The highest BCUT2D eigenvalue weighted by atomic mass is 35.5. The number of hydrogen-bond donors (Lipinski definition) is 0. The van der Waals surface area contributed by atoms with Crippen LogP contribution in [0.4, 0.5) is 0 Å². The van der Waals surface area contributed by atoms with Gasteiger partial charge in [-0.2, -0.15) is 5.10 Å². The molecule has 0 unspecified atom stereocenters. The van der Waals surface area contributed by atoms with Gasteiger partial charge in [0, 0.05) is 7.05 Å². The van der Waals surface area contributed by atoms with Crippen molar-refractivity contribution in [2.24, 2.45) is 7.05 Å². The molecule has 2 aromatic rings. The van der Waals surface area contributed by atoms with E-state index in [0.29, 0.717) is 11.7 Å². The summed E-state index contributed by atoms with van der Waals surface area (Å²) in [5.41, 5.74) is 0.782. The number of hydrogen-bond acceptors (Lipinski definition) is 4. The summed E-state index contributed by atoms with van der Waals surface area (Å²) in [5.74, 6) is 0.738. The summed E-state index contributed by atoms with van der Waals surface area (Å²) in [6.45, 7) is 3.87. The third-order valence-corrected chi connectivity index (χ3v) is 2.90. The first-order valence-corrected chi connectivity index (χ1v) is 6.02. The number of fused-ring (bicyclic) bond motifs is 1. The highest BCUT2D eigenvalue weighted by molar-refractivity contribution is 6.33. The normalized spacial score (nSPS) is 11.6. The van der Waals surface area contributed by atoms with Gasteiger partial charge in [0.25, 0.3) is 0 Å². The van der Waals surface area contributed by atoms with Crippen molar-refractivity contribution in [1.82, 2.24) is 24.6 Å². The lowest BCUT2D eigenvalue weighted by molar-refractivity contribution is 0.319. The summed E-state index contributed by atoms with van der Waals surface area (Å²) in [7, 11) is 3.90. The predicted octanol–water partition coefficient (Wildman–Crippen LogP) is 1.86. The van der Waals surface area contributed by atoms with E-state index in [-0.39, 0.29) is 0 Å². The summed E-state index contributed by atoms with van der Waals surface area (Å²) in [4.78, 5) is 11.0. The second kappa shape index (κ2) is 4.98. The van der Waals surface area contributed by atoms with Crippen LogP contribution in [0.15, 0.2) is 6.20 Å². The maximum atomic E-state index is 6.11. The zero-order valence-electron chi connectivity index (χ0n) is 10.3. The summed E-state index contributed by atoms with van der Waals surface area (Å²) in [6.07, 6.45) is 2.80. The maximum Gasteiger partial charge on any atom is 0.162 e. The van der Waals surface area contributed by atoms with Gasteiger partial charge in [-0.25, -0.2) is 9.97 Å². The van der Waals surface area contributed by atoms with Crippen LogP contribution < -0.4 is 0 Å². The van der Waals surface area contributed by atoms with Crippen LogP contribution >= 0.6 is 11.6 Å². The Kier molecular flexibility index (Phi) is 3.59. The van der Waals surface area contributed by atoms with E-state index in [2.05, 4.69) is 26.9 Å². The molecule has 2 aromatic heterocycles. The topological polar surface area (TPSA) is 46.8 Å². The number of halogens is 1. The number of rotatable bonds is 4. The molecule has 0 fully saturated rings. The van der Waals surface area contributed by atoms with Crippen LogP contribution in [0.3, 0.4) is 0 Å². The van der Waals surface area contributed by atoms with Gasteiger partial charge in [-0.3, -0.25) is 9.58 Å². The van der Waals surface area contributed by atoms with Gasteiger partial charge in [-0.05, 0) is 20.0 Å². The molecule has 0 N–H and O–H groups in total. The summed E-state index contributed by atoms with van der Waals surface area (Å²) in [5, 5.41) is 5.41. The Labute approximate surface area is 105 Å². The first-order chi connectivity index (χ1) is 8.11. The lowest BCUT2D eigenvalue weighted by atomic mass is 10.4. The lowest BCUT2D eigenvalue weighted by Gasteiger charge is -2.14. The van der Waals surface area contributed by atoms with Gasteiger partial charge >= 0.3 is 0 Å². The van der Waals surface area contributed by atoms with Gasteiger partial charge in [0.2, 0.25) is 0 Å². The molecule has 92 valence electrons. The number of aryl methyl sites for hydroxylation is 1. The van der Waals surface area contributed by atoms with Gasteiger partial charge in [0.05, 0.1) is 18.1 Å². The highest BCUT2D eigenvalue weighted by Gasteiger charge is 2.10. The average molecular weight is 254 g/mol. The molecular formula is C11H16ClN5. The monoisotopic (exact) mass is 253 g/mol. The second-order valence-corrected chi connectivity index (χ2v) is 4.53. The molecule has 2 heterocycles. The molecule has 0 aliphatic carbocycles. The van der Waals surface area contributed by atoms with Crippen molar-refractivity contribution in [1.29, 1.82) is 0 Å². The van der Waals surface area contributed by atoms with E-state index in [4.69, 9.17) is 11.6 Å². The van der Waals surface area contributed by atoms with E-state index in [9.17, 15) is 0 Å². The molecule has 0 saturated carbocycles. The van der Waals surface area contributed by atoms with Crippen LogP contribution in [0, 0.1) is 0 Å². The predicted molar refractivity (Wildman–Crippen MR) is 67.9 cm³/mol. The summed E-state index contributed by atoms with van der Waals surface area (Å²) < 4.78 is 1.71. The Hall–Kier alpha value is -1.20. The molecule has 6 heteroatoms. The van der Waals surface area contributed by atoms with Gasteiger partial charge in [-0.15, -0.1) is 0 Å². The number of aromatic nitrogens is 4. The molecular weight excluding hydrogens is 238 g/mol. The minimum absolute atomic E-state index is 0.475. The van der Waals surface area contributed by atoms with Crippen LogP contribution in [0.1, 0.15) is 19.2 Å². The third-order valence-electron chi connectivity index (χ3n) is 2.61. The second-order valence-electron chi connectivity index (χ2n) is 4.17. The molecule has 0 aliphatic rings. The standard InChI is InChI=1S/C11H16ClN5/c1-4-5-16(2)7-9-14-10(12)8-6-13-17(3)11(8)15-9/h6H,4-5,7H2,1-3H3. The molecule has 0 bridgehead atoms. The summed E-state index contributed by atoms with van der Waals surface area (Å²) in [6, 6.07) is 0. The van der Waals surface area contributed by atoms with Crippen LogP contribution in [0.25, 0.3) is 11.0 Å². The SMILES string of the molecule is CCCN(C)Cc1nc(Cl)c2cnn(C)c2n1. The van der Waals surface area contributed by atoms with Crippen LogP contribution in [0.2, 0.25) is 5.15 Å². The molecule has 0 saturated heterocycles. The Morgan fingerprint density at radius 3 is 2.88 bits per heavy atom. The fraction of sp³-hybridized carbons (Fsp3) is 0.545. The van der Waals surface area contributed by atoms with Crippen LogP contribution in [-0.2, 0) is 13.6 Å². The van der Waals surface area contributed by atoms with Gasteiger partial charge < -0.3 is 0 Å². The average Bonchev–Trinajstić information content (AvgIpc) is 2.61. The van der Waals surface area contributed by atoms with E-state index in [1.807, 2.05) is 14.1 Å². The molecule has 0 amide bonds. The summed E-state index contributed by atoms with van der Waals surface area (Å²) >= 11 is 6.11. The third kappa shape index (κ3) is 2.56. The minimum Gasteiger partial charge on any atom is -0.299 e. The van der Waals surface area contributed by atoms with Crippen molar-refractivity contribution in [3.8, 4) is 0 Å². The smallest absolute Gasteiger partial charge is 0.162 e. The first-order valence-electron chi connectivity index (χ1n) is 5.64. The Morgan fingerprint density at radius 2 is 2.18 bits per heavy atom. The van der Waals surface area contributed by atoms with Gasteiger partial charge in [0.15, 0.2) is 5.65 Å². The fourth-order valence-electron chi connectivity index (χ4n) is 1.80. The molecule has 0 aromatic carbocycles. The van der Waals surface area contributed by atoms with Crippen molar-refractivity contribution >= 4 is 22.6 Å². The van der Waals surface area contributed by atoms with E-state index >= 15 is 0 Å². The maximum absolute atomic E-state index is 6.11. The lowest BCUT2D eigenvalue weighted by Crippen LogP contribution is -2.20. The van der Waals surface area contributed by atoms with Gasteiger partial charge in [0.1, 0.15) is 11.0 Å². The van der Waals surface area contributed by atoms with Crippen LogP contribution in [-0.4, -0.2) is 38.2 Å². The van der Waals surface area contributed by atoms with Crippen molar-refractivity contribution in [2.45, 2.75) is 19.9 Å². The van der Waals surface area contributed by atoms with E-state index in [1.165, 1.54) is 0 Å². The van der Waals surface area contributed by atoms with Gasteiger partial charge in [-0.1, -0.05) is 18.5 Å². The van der Waals surface area contributed by atoms with Crippen molar-refractivity contribution < 1.29 is 0 Å². The van der Waals surface area contributed by atoms with Crippen molar-refractivity contribution in [3.63, 3.8) is 0 Å². The Bertz CT molecular complexity index is 522. The zero-order chi connectivity index (χ0) is 12.4. The quantitative estimate of drug-likeness (QED) is 0.781. The van der Waals surface area contributed by atoms with Crippen molar-refractivity contribution in [2.75, 3.05) is 13.6 Å². The molecule has 0 atom stereocenters.